The molecular formula is C21H26Cl2N2O3S. The number of anilines is 1. The zero-order valence-electron chi connectivity index (χ0n) is 16.7. The predicted molar refractivity (Wildman–Crippen MR) is 122 cm³/mol. The van der Waals surface area contributed by atoms with Gasteiger partial charge in [0.2, 0.25) is 0 Å². The van der Waals surface area contributed by atoms with Gasteiger partial charge in [0.05, 0.1) is 18.0 Å². The third-order valence-corrected chi connectivity index (χ3v) is 6.56. The molecule has 0 aliphatic carbocycles. The summed E-state index contributed by atoms with van der Waals surface area (Å²) in [6.45, 7) is 4.18. The molecule has 2 atom stereocenters. The quantitative estimate of drug-likeness (QED) is 0.703. The van der Waals surface area contributed by atoms with Crippen molar-refractivity contribution in [1.29, 1.82) is 0 Å². The number of ether oxygens (including phenoxy) is 1. The molecule has 1 amide bonds. The van der Waals surface area contributed by atoms with E-state index < -0.39 is 11.4 Å². The molecule has 0 saturated carbocycles. The van der Waals surface area contributed by atoms with E-state index in [-0.39, 0.29) is 18.3 Å². The van der Waals surface area contributed by atoms with Gasteiger partial charge in [-0.05, 0) is 49.5 Å². The summed E-state index contributed by atoms with van der Waals surface area (Å²) in [7, 11) is 3.62. The lowest BCUT2D eigenvalue weighted by Gasteiger charge is -2.27. The highest BCUT2D eigenvalue weighted by atomic mass is 35.5. The number of likely N-dealkylation sites (N-methyl/N-ethyl adjacent to an activating group) is 1. The van der Waals surface area contributed by atoms with Gasteiger partial charge < -0.3 is 19.6 Å². The van der Waals surface area contributed by atoms with Gasteiger partial charge in [0, 0.05) is 23.0 Å². The van der Waals surface area contributed by atoms with E-state index in [9.17, 15) is 9.90 Å². The summed E-state index contributed by atoms with van der Waals surface area (Å²) in [5.41, 5.74) is 1.66. The fourth-order valence-corrected chi connectivity index (χ4v) is 4.66. The summed E-state index contributed by atoms with van der Waals surface area (Å²) in [5.74, 6) is 0.440. The van der Waals surface area contributed by atoms with Gasteiger partial charge in [-0.25, -0.2) is 0 Å². The number of amides is 1. The van der Waals surface area contributed by atoms with Gasteiger partial charge in [0.25, 0.3) is 5.91 Å². The first-order chi connectivity index (χ1) is 13.4. The van der Waals surface area contributed by atoms with Crippen molar-refractivity contribution in [3.63, 3.8) is 0 Å². The van der Waals surface area contributed by atoms with E-state index in [1.807, 2.05) is 43.4 Å². The van der Waals surface area contributed by atoms with E-state index in [0.717, 1.165) is 35.0 Å². The van der Waals surface area contributed by atoms with Crippen LogP contribution in [-0.4, -0.2) is 55.8 Å². The SMILES string of the molecule is CCN(C)CCN1C(=O)[C@H](O)[C@H](c2ccc(OC)cc2)Sc2cc(Cl)ccc21.Cl. The molecule has 29 heavy (non-hydrogen) atoms. The van der Waals surface area contributed by atoms with E-state index in [2.05, 4.69) is 11.8 Å². The van der Waals surface area contributed by atoms with Gasteiger partial charge in [-0.2, -0.15) is 0 Å². The fourth-order valence-electron chi connectivity index (χ4n) is 3.12. The van der Waals surface area contributed by atoms with Crippen LogP contribution in [0.4, 0.5) is 5.69 Å². The topological polar surface area (TPSA) is 53.0 Å². The highest BCUT2D eigenvalue weighted by Gasteiger charge is 2.37. The molecule has 158 valence electrons. The van der Waals surface area contributed by atoms with Crippen LogP contribution in [0.5, 0.6) is 5.75 Å². The number of halogens is 2. The number of carbonyl (C=O) groups excluding carboxylic acids is 1. The lowest BCUT2D eigenvalue weighted by molar-refractivity contribution is -0.126. The van der Waals surface area contributed by atoms with Crippen molar-refractivity contribution in [1.82, 2.24) is 4.90 Å². The number of rotatable bonds is 6. The zero-order valence-corrected chi connectivity index (χ0v) is 19.1. The molecular weight excluding hydrogens is 431 g/mol. The van der Waals surface area contributed by atoms with Crippen LogP contribution >= 0.6 is 35.8 Å². The predicted octanol–water partition coefficient (Wildman–Crippen LogP) is 4.26. The Bertz CT molecular complexity index is 835. The number of nitrogens with zero attached hydrogens (tertiary/aromatic N) is 2. The number of hydrogen-bond acceptors (Lipinski definition) is 5. The third kappa shape index (κ3) is 5.38. The van der Waals surface area contributed by atoms with E-state index in [0.29, 0.717) is 11.6 Å². The molecule has 1 heterocycles. The maximum atomic E-state index is 13.2. The van der Waals surface area contributed by atoms with Crippen LogP contribution in [0.2, 0.25) is 5.02 Å². The molecule has 5 nitrogen and oxygen atoms in total. The van der Waals surface area contributed by atoms with Crippen LogP contribution in [0.1, 0.15) is 17.7 Å². The van der Waals surface area contributed by atoms with Crippen molar-refractivity contribution in [3.8, 4) is 5.75 Å². The van der Waals surface area contributed by atoms with Gasteiger partial charge >= 0.3 is 0 Å². The minimum absolute atomic E-state index is 0. The van der Waals surface area contributed by atoms with Gasteiger partial charge in [-0.1, -0.05) is 30.7 Å². The van der Waals surface area contributed by atoms with Crippen molar-refractivity contribution >= 4 is 47.4 Å². The molecule has 8 heteroatoms. The first-order valence-corrected chi connectivity index (χ1v) is 10.5. The third-order valence-electron chi connectivity index (χ3n) is 4.96. The molecule has 0 spiro atoms. The highest BCUT2D eigenvalue weighted by Crippen LogP contribution is 2.46. The summed E-state index contributed by atoms with van der Waals surface area (Å²) < 4.78 is 5.22. The Morgan fingerprint density at radius 2 is 1.93 bits per heavy atom. The van der Waals surface area contributed by atoms with Crippen molar-refractivity contribution in [3.05, 3.63) is 53.1 Å². The Hall–Kier alpha value is -1.44. The summed E-state index contributed by atoms with van der Waals surface area (Å²) in [6, 6.07) is 13.0. The molecule has 1 aliphatic heterocycles. The van der Waals surface area contributed by atoms with Crippen LogP contribution in [0.15, 0.2) is 47.4 Å². The Kier molecular flexibility index (Phi) is 8.67. The lowest BCUT2D eigenvalue weighted by atomic mass is 10.1. The van der Waals surface area contributed by atoms with E-state index in [1.165, 1.54) is 11.8 Å². The highest BCUT2D eigenvalue weighted by molar-refractivity contribution is 7.99. The average molecular weight is 457 g/mol. The van der Waals surface area contributed by atoms with Gasteiger partial charge in [-0.3, -0.25) is 4.79 Å². The molecule has 0 saturated heterocycles. The molecule has 0 bridgehead atoms. The maximum Gasteiger partial charge on any atom is 0.257 e. The second kappa shape index (κ2) is 10.5. The van der Waals surface area contributed by atoms with Crippen LogP contribution in [0, 0.1) is 0 Å². The Balaban J connectivity index is 0.00000300. The summed E-state index contributed by atoms with van der Waals surface area (Å²) >= 11 is 7.69. The van der Waals surface area contributed by atoms with Gasteiger partial charge in [0.1, 0.15) is 11.9 Å². The van der Waals surface area contributed by atoms with Gasteiger partial charge in [0.15, 0.2) is 0 Å². The van der Waals surface area contributed by atoms with Crippen molar-refractivity contribution in [2.45, 2.75) is 23.2 Å². The van der Waals surface area contributed by atoms with Crippen LogP contribution in [-0.2, 0) is 4.79 Å². The normalized spacial score (nSPS) is 18.8. The minimum Gasteiger partial charge on any atom is -0.497 e. The largest absolute Gasteiger partial charge is 0.497 e. The molecule has 0 fully saturated rings. The van der Waals surface area contributed by atoms with E-state index in [1.54, 1.807) is 18.1 Å². The molecule has 3 rings (SSSR count). The molecule has 0 radical (unpaired) electrons. The number of aliphatic hydroxyl groups is 1. The monoisotopic (exact) mass is 456 g/mol. The molecule has 2 aromatic carbocycles. The Morgan fingerprint density at radius 1 is 1.24 bits per heavy atom. The first kappa shape index (κ1) is 23.8. The summed E-state index contributed by atoms with van der Waals surface area (Å²) in [6.07, 6.45) is -1.16. The van der Waals surface area contributed by atoms with E-state index in [4.69, 9.17) is 16.3 Å². The van der Waals surface area contributed by atoms with Crippen molar-refractivity contribution < 1.29 is 14.6 Å². The molecule has 2 aromatic rings. The smallest absolute Gasteiger partial charge is 0.257 e. The maximum absolute atomic E-state index is 13.2. The standard InChI is InChI=1S/C21H25ClN2O3S.ClH/c1-4-23(2)11-12-24-17-10-7-15(22)13-18(17)28-20(19(25)21(24)26)14-5-8-16(27-3)9-6-14;/h5-10,13,19-20,25H,4,11-12H2,1-3H3;1H/t19-,20+;/m1./s1. The molecule has 1 aliphatic rings. The Morgan fingerprint density at radius 3 is 2.55 bits per heavy atom. The molecule has 0 unspecified atom stereocenters. The number of carbonyl (C=O) groups is 1. The lowest BCUT2D eigenvalue weighted by Crippen LogP contribution is -2.43. The number of thioether (sulfide) groups is 1. The van der Waals surface area contributed by atoms with Crippen LogP contribution in [0.25, 0.3) is 0 Å². The number of fused-ring (bicyclic) bond motifs is 1. The fraction of sp³-hybridized carbons (Fsp3) is 0.381. The van der Waals surface area contributed by atoms with Gasteiger partial charge in [-0.15, -0.1) is 24.2 Å². The number of methoxy groups -OCH3 is 1. The number of hydrogen-bond donors (Lipinski definition) is 1. The summed E-state index contributed by atoms with van der Waals surface area (Å²) in [4.78, 5) is 17.9. The average Bonchev–Trinajstić information content (AvgIpc) is 2.81. The van der Waals surface area contributed by atoms with Crippen molar-refractivity contribution in [2.24, 2.45) is 0 Å². The summed E-state index contributed by atoms with van der Waals surface area (Å²) in [5, 5.41) is 11.1. The number of aliphatic hydroxyl groups excluding tert-OH is 1. The number of benzene rings is 2. The van der Waals surface area contributed by atoms with E-state index >= 15 is 0 Å². The molecule has 1 N–H and O–H groups in total. The second-order valence-corrected chi connectivity index (χ2v) is 8.37. The van der Waals surface area contributed by atoms with Crippen LogP contribution < -0.4 is 9.64 Å². The second-order valence-electron chi connectivity index (χ2n) is 6.75. The van der Waals surface area contributed by atoms with Crippen LogP contribution in [0.3, 0.4) is 0 Å². The molecule has 0 aromatic heterocycles. The first-order valence-electron chi connectivity index (χ1n) is 9.22. The van der Waals surface area contributed by atoms with Crippen molar-refractivity contribution in [2.75, 3.05) is 38.7 Å². The zero-order chi connectivity index (χ0) is 20.3. The minimum atomic E-state index is -1.16. The Labute approximate surface area is 187 Å².